The van der Waals surface area contributed by atoms with Gasteiger partial charge in [-0.25, -0.2) is 0 Å². The van der Waals surface area contributed by atoms with Crippen LogP contribution in [0.25, 0.3) is 0 Å². The van der Waals surface area contributed by atoms with E-state index < -0.39 is 37.6 Å². The summed E-state index contributed by atoms with van der Waals surface area (Å²) in [6.07, 6.45) is 0. The van der Waals surface area contributed by atoms with E-state index in [2.05, 4.69) is 0 Å². The Morgan fingerprint density at radius 3 is 2.06 bits per heavy atom. The lowest BCUT2D eigenvalue weighted by atomic mass is 9.65. The summed E-state index contributed by atoms with van der Waals surface area (Å²) in [5.41, 5.74) is 4.98. The molecule has 1 atom stereocenters. The average molecular weight is 441 g/mol. The number of nitrogens with two attached hydrogens (primary N) is 1. The Hall–Kier alpha value is -3.01. The van der Waals surface area contributed by atoms with E-state index in [0.29, 0.717) is 17.1 Å². The highest BCUT2D eigenvalue weighted by Gasteiger charge is 2.53. The topological polar surface area (TPSA) is 114 Å². The van der Waals surface area contributed by atoms with Crippen LogP contribution < -0.4 is 15.2 Å². The Morgan fingerprint density at radius 2 is 1.55 bits per heavy atom. The second-order valence-electron chi connectivity index (χ2n) is 7.61. The molecule has 1 heterocycles. The predicted octanol–water partition coefficient (Wildman–Crippen LogP) is -1.36. The van der Waals surface area contributed by atoms with Crippen molar-refractivity contribution in [1.29, 1.82) is 0 Å². The van der Waals surface area contributed by atoms with E-state index in [4.69, 9.17) is 24.1 Å². The molecule has 2 N–H and O–H groups in total. The summed E-state index contributed by atoms with van der Waals surface area (Å²) < 4.78 is 46.5. The van der Waals surface area contributed by atoms with Gasteiger partial charge in [-0.1, -0.05) is 36.4 Å². The van der Waals surface area contributed by atoms with Crippen molar-refractivity contribution >= 4 is 39.4 Å². The van der Waals surface area contributed by atoms with Gasteiger partial charge in [0, 0.05) is 0 Å². The molecule has 12 heteroatoms. The number of methoxy groups -OCH3 is 2. The first-order valence-corrected chi connectivity index (χ1v) is 10.8. The second kappa shape index (κ2) is 7.92. The molecular formula is C19H22B3NO7S. The first kappa shape index (κ1) is 22.7. The van der Waals surface area contributed by atoms with Gasteiger partial charge in [0.2, 0.25) is 17.4 Å². The van der Waals surface area contributed by atoms with Crippen molar-refractivity contribution in [3.05, 3.63) is 71.3 Å². The van der Waals surface area contributed by atoms with Crippen molar-refractivity contribution < 1.29 is 31.6 Å². The summed E-state index contributed by atoms with van der Waals surface area (Å²) in [6, 6.07) is 13.5. The maximum Gasteiger partial charge on any atom is 0.304 e. The largest absolute Gasteiger partial charge is 0.496 e. The molecule has 0 radical (unpaired) electrons. The van der Waals surface area contributed by atoms with Gasteiger partial charge in [0.05, 0.1) is 24.3 Å². The van der Waals surface area contributed by atoms with Crippen LogP contribution >= 0.6 is 0 Å². The Morgan fingerprint density at radius 1 is 1.00 bits per heavy atom. The van der Waals surface area contributed by atoms with Crippen LogP contribution in [0, 0.1) is 0 Å². The van der Waals surface area contributed by atoms with Crippen molar-refractivity contribution in [2.24, 2.45) is 5.73 Å². The van der Waals surface area contributed by atoms with Crippen molar-refractivity contribution in [2.75, 3.05) is 14.2 Å². The Bertz CT molecular complexity index is 1130. The number of ether oxygens (including phenoxy) is 3. The fourth-order valence-electron chi connectivity index (χ4n) is 3.40. The molecule has 1 aliphatic rings. The maximum absolute atomic E-state index is 13.4. The van der Waals surface area contributed by atoms with Gasteiger partial charge in [-0.3, -0.25) is 4.79 Å². The van der Waals surface area contributed by atoms with E-state index in [1.807, 2.05) is 0 Å². The maximum atomic E-state index is 13.4. The highest BCUT2D eigenvalue weighted by Crippen LogP contribution is 2.45. The van der Waals surface area contributed by atoms with Gasteiger partial charge in [-0.05, 0) is 17.7 Å². The summed E-state index contributed by atoms with van der Waals surface area (Å²) in [7, 11) is 2.96. The lowest BCUT2D eigenvalue weighted by Crippen LogP contribution is -2.40. The van der Waals surface area contributed by atoms with Crippen molar-refractivity contribution in [3.63, 3.8) is 0 Å². The van der Waals surface area contributed by atoms with E-state index in [9.17, 15) is 13.2 Å². The van der Waals surface area contributed by atoms with Crippen LogP contribution in [0.3, 0.4) is 0 Å². The van der Waals surface area contributed by atoms with Crippen LogP contribution in [-0.2, 0) is 33.9 Å². The number of hydrogen-bond acceptors (Lipinski definition) is 8. The van der Waals surface area contributed by atoms with Gasteiger partial charge < -0.3 is 24.1 Å². The zero-order valence-electron chi connectivity index (χ0n) is 18.0. The minimum absolute atomic E-state index is 0.270. The summed E-state index contributed by atoms with van der Waals surface area (Å²) in [5.74, 6) is -1.15. The fraction of sp³-hybridized carbons (Fsp3) is 0.211. The van der Waals surface area contributed by atoms with Crippen LogP contribution in [0.5, 0.6) is 11.5 Å². The fourth-order valence-corrected chi connectivity index (χ4v) is 4.41. The third kappa shape index (κ3) is 3.65. The smallest absolute Gasteiger partial charge is 0.304 e. The molecule has 2 aromatic rings. The molecule has 31 heavy (non-hydrogen) atoms. The Labute approximate surface area is 184 Å². The molecule has 0 aromatic heterocycles. The van der Waals surface area contributed by atoms with Gasteiger partial charge in [0.1, 0.15) is 27.2 Å². The lowest BCUT2D eigenvalue weighted by Gasteiger charge is -2.27. The summed E-state index contributed by atoms with van der Waals surface area (Å²) in [4.78, 5) is 13.4. The number of benzene rings is 2. The predicted molar refractivity (Wildman–Crippen MR) is 122 cm³/mol. The number of Topliss-reactive ketones (excluding diaryl/α,β-unsaturated/α-hetero) is 1. The normalized spacial score (nSPS) is 19.1. The molecule has 3 rings (SSSR count). The standard InChI is InChI=1S/C19H22B3NO7S/c1-27-12-9-6-10-13(28-2)14(12)18(20)16(24)15(17(23)29-18)30-31(25,26)19(21,22)11-7-4-3-5-8-11/h3-10H,20-23H2,1-2H3. The third-order valence-corrected chi connectivity index (χ3v) is 7.24. The van der Waals surface area contributed by atoms with E-state index in [1.54, 1.807) is 48.5 Å². The molecular weight excluding hydrogens is 419 g/mol. The Kier molecular flexibility index (Phi) is 5.79. The SMILES string of the molecule is BC1(c2c(OC)cccc2OC)OC(N)=C(OS(=O)(=O)C(B)(B)c2ccccc2)C1=O. The molecule has 0 aliphatic carbocycles. The van der Waals surface area contributed by atoms with Gasteiger partial charge in [0.25, 0.3) is 0 Å². The van der Waals surface area contributed by atoms with Gasteiger partial charge in [-0.2, -0.15) is 8.42 Å². The quantitative estimate of drug-likeness (QED) is 0.415. The zero-order valence-corrected chi connectivity index (χ0v) is 18.8. The lowest BCUT2D eigenvalue weighted by molar-refractivity contribution is -0.126. The molecule has 1 aliphatic heterocycles. The van der Waals surface area contributed by atoms with Crippen molar-refractivity contribution in [3.8, 4) is 11.5 Å². The van der Waals surface area contributed by atoms with Crippen LogP contribution in [0.15, 0.2) is 60.2 Å². The number of rotatable bonds is 7. The number of carbonyl (C=O) groups excluding carboxylic acids is 1. The summed E-state index contributed by atoms with van der Waals surface area (Å²) >= 11 is 0. The van der Waals surface area contributed by atoms with Crippen LogP contribution in [0.4, 0.5) is 0 Å². The molecule has 8 nitrogen and oxygen atoms in total. The average Bonchev–Trinajstić information content (AvgIpc) is 2.96. The van der Waals surface area contributed by atoms with E-state index in [0.717, 1.165) is 0 Å². The number of ketones is 1. The van der Waals surface area contributed by atoms with Crippen LogP contribution in [-0.4, -0.2) is 52.0 Å². The number of carbonyl (C=O) groups is 1. The molecule has 0 fully saturated rings. The highest BCUT2D eigenvalue weighted by atomic mass is 32.2. The van der Waals surface area contributed by atoms with Gasteiger partial charge >= 0.3 is 10.1 Å². The zero-order chi connectivity index (χ0) is 23.0. The summed E-state index contributed by atoms with van der Waals surface area (Å²) in [5, 5.41) is 0. The molecule has 0 bridgehead atoms. The highest BCUT2D eigenvalue weighted by molar-refractivity contribution is 7.90. The molecule has 160 valence electrons. The monoisotopic (exact) mass is 441 g/mol. The number of hydrogen-bond donors (Lipinski definition) is 1. The minimum atomic E-state index is -4.33. The van der Waals surface area contributed by atoms with Crippen LogP contribution in [0.2, 0.25) is 0 Å². The van der Waals surface area contributed by atoms with Crippen molar-refractivity contribution in [1.82, 2.24) is 0 Å². The van der Waals surface area contributed by atoms with Crippen LogP contribution in [0.1, 0.15) is 11.1 Å². The molecule has 2 aromatic carbocycles. The molecule has 1 unspecified atom stereocenters. The first-order valence-electron chi connectivity index (χ1n) is 9.44. The molecule has 0 saturated carbocycles. The van der Waals surface area contributed by atoms with E-state index in [-0.39, 0.29) is 5.56 Å². The second-order valence-corrected chi connectivity index (χ2v) is 9.70. The van der Waals surface area contributed by atoms with E-state index >= 15 is 0 Å². The summed E-state index contributed by atoms with van der Waals surface area (Å²) in [6.45, 7) is 0. The van der Waals surface area contributed by atoms with Gasteiger partial charge in [-0.15, -0.1) is 0 Å². The Balaban J connectivity index is 2.01. The molecule has 0 spiro atoms. The van der Waals surface area contributed by atoms with Gasteiger partial charge in [0.15, 0.2) is 13.3 Å². The third-order valence-electron chi connectivity index (χ3n) is 5.37. The first-order chi connectivity index (χ1) is 14.5. The van der Waals surface area contributed by atoms with E-state index in [1.165, 1.54) is 37.8 Å². The molecule has 0 amide bonds. The van der Waals surface area contributed by atoms with Crippen molar-refractivity contribution in [2.45, 2.75) is 10.0 Å². The molecule has 0 saturated heterocycles. The minimum Gasteiger partial charge on any atom is -0.496 e.